The molecule has 0 amide bonds. The summed E-state index contributed by atoms with van der Waals surface area (Å²) < 4.78 is 5.86. The SMILES string of the molecule is CCCNC(CCC(C)(C)C)COc1cccc(Cl)c1. The number of halogens is 1. The zero-order valence-electron chi connectivity index (χ0n) is 13.2. The molecule has 1 atom stereocenters. The molecular weight excluding hydrogens is 270 g/mol. The van der Waals surface area contributed by atoms with Crippen molar-refractivity contribution in [2.75, 3.05) is 13.2 Å². The van der Waals surface area contributed by atoms with Crippen molar-refractivity contribution >= 4 is 11.6 Å². The second-order valence-electron chi connectivity index (χ2n) is 6.52. The predicted molar refractivity (Wildman–Crippen MR) is 87.7 cm³/mol. The van der Waals surface area contributed by atoms with E-state index in [1.807, 2.05) is 24.3 Å². The molecule has 0 aliphatic carbocycles. The van der Waals surface area contributed by atoms with Crippen LogP contribution in [-0.4, -0.2) is 19.2 Å². The van der Waals surface area contributed by atoms with E-state index in [9.17, 15) is 0 Å². The van der Waals surface area contributed by atoms with E-state index in [-0.39, 0.29) is 0 Å². The van der Waals surface area contributed by atoms with Crippen LogP contribution in [0.2, 0.25) is 5.02 Å². The number of hydrogen-bond donors (Lipinski definition) is 1. The lowest BCUT2D eigenvalue weighted by Gasteiger charge is -2.24. The summed E-state index contributed by atoms with van der Waals surface area (Å²) in [6.45, 7) is 10.8. The Kier molecular flexibility index (Phi) is 7.39. The predicted octanol–water partition coefficient (Wildman–Crippen LogP) is 4.91. The highest BCUT2D eigenvalue weighted by Gasteiger charge is 2.15. The minimum Gasteiger partial charge on any atom is -0.492 e. The van der Waals surface area contributed by atoms with Crippen molar-refractivity contribution < 1.29 is 4.74 Å². The molecule has 0 heterocycles. The molecule has 114 valence electrons. The summed E-state index contributed by atoms with van der Waals surface area (Å²) in [6, 6.07) is 7.99. The molecule has 0 aliphatic heterocycles. The molecule has 1 N–H and O–H groups in total. The maximum atomic E-state index is 5.97. The van der Waals surface area contributed by atoms with Crippen LogP contribution in [0.5, 0.6) is 5.75 Å². The Morgan fingerprint density at radius 2 is 2.05 bits per heavy atom. The summed E-state index contributed by atoms with van der Waals surface area (Å²) in [4.78, 5) is 0. The van der Waals surface area contributed by atoms with Crippen LogP contribution >= 0.6 is 11.6 Å². The smallest absolute Gasteiger partial charge is 0.120 e. The van der Waals surface area contributed by atoms with Gasteiger partial charge in [0, 0.05) is 11.1 Å². The van der Waals surface area contributed by atoms with E-state index in [4.69, 9.17) is 16.3 Å². The second kappa shape index (κ2) is 8.53. The van der Waals surface area contributed by atoms with E-state index in [1.165, 1.54) is 6.42 Å². The van der Waals surface area contributed by atoms with Crippen LogP contribution in [0.15, 0.2) is 24.3 Å². The molecule has 0 radical (unpaired) electrons. The maximum absolute atomic E-state index is 5.97. The van der Waals surface area contributed by atoms with Crippen molar-refractivity contribution in [2.45, 2.75) is 53.0 Å². The minimum absolute atomic E-state index is 0.363. The number of rotatable bonds is 8. The fourth-order valence-corrected chi connectivity index (χ4v) is 2.13. The third kappa shape index (κ3) is 7.76. The molecule has 0 bridgehead atoms. The monoisotopic (exact) mass is 297 g/mol. The molecule has 0 aliphatic rings. The van der Waals surface area contributed by atoms with E-state index < -0.39 is 0 Å². The Morgan fingerprint density at radius 1 is 1.30 bits per heavy atom. The first-order chi connectivity index (χ1) is 9.40. The lowest BCUT2D eigenvalue weighted by molar-refractivity contribution is 0.236. The number of nitrogens with one attached hydrogen (secondary N) is 1. The average molecular weight is 298 g/mol. The van der Waals surface area contributed by atoms with Crippen molar-refractivity contribution in [1.82, 2.24) is 5.32 Å². The van der Waals surface area contributed by atoms with Crippen LogP contribution in [0.3, 0.4) is 0 Å². The van der Waals surface area contributed by atoms with Crippen molar-refractivity contribution in [3.8, 4) is 5.75 Å². The van der Waals surface area contributed by atoms with Gasteiger partial charge in [-0.15, -0.1) is 0 Å². The first-order valence-corrected chi connectivity index (χ1v) is 7.90. The van der Waals surface area contributed by atoms with Crippen LogP contribution in [0.4, 0.5) is 0 Å². The van der Waals surface area contributed by atoms with Crippen LogP contribution in [0, 0.1) is 5.41 Å². The molecule has 0 spiro atoms. The molecule has 0 aromatic heterocycles. The molecular formula is C17H28ClNO. The van der Waals surface area contributed by atoms with Gasteiger partial charge in [-0.05, 0) is 49.4 Å². The Balaban J connectivity index is 2.47. The third-order valence-corrected chi connectivity index (χ3v) is 3.41. The van der Waals surface area contributed by atoms with Gasteiger partial charge in [-0.3, -0.25) is 0 Å². The molecule has 3 heteroatoms. The van der Waals surface area contributed by atoms with Crippen LogP contribution in [0.25, 0.3) is 0 Å². The molecule has 1 rings (SSSR count). The van der Waals surface area contributed by atoms with Gasteiger partial charge < -0.3 is 10.1 Å². The summed E-state index contributed by atoms with van der Waals surface area (Å²) >= 11 is 5.97. The highest BCUT2D eigenvalue weighted by molar-refractivity contribution is 6.30. The highest BCUT2D eigenvalue weighted by atomic mass is 35.5. The minimum atomic E-state index is 0.363. The lowest BCUT2D eigenvalue weighted by atomic mass is 9.89. The fourth-order valence-electron chi connectivity index (χ4n) is 1.95. The molecule has 20 heavy (non-hydrogen) atoms. The van der Waals surface area contributed by atoms with Gasteiger partial charge in [-0.1, -0.05) is 45.4 Å². The highest BCUT2D eigenvalue weighted by Crippen LogP contribution is 2.22. The molecule has 1 unspecified atom stereocenters. The van der Waals surface area contributed by atoms with Gasteiger partial charge in [0.05, 0.1) is 0 Å². The summed E-state index contributed by atoms with van der Waals surface area (Å²) in [5.74, 6) is 0.844. The Hall–Kier alpha value is -0.730. The van der Waals surface area contributed by atoms with Gasteiger partial charge in [-0.2, -0.15) is 0 Å². The van der Waals surface area contributed by atoms with E-state index >= 15 is 0 Å². The lowest BCUT2D eigenvalue weighted by Crippen LogP contribution is -2.36. The Morgan fingerprint density at radius 3 is 2.65 bits per heavy atom. The van der Waals surface area contributed by atoms with Crippen LogP contribution in [-0.2, 0) is 0 Å². The van der Waals surface area contributed by atoms with E-state index in [0.29, 0.717) is 18.1 Å². The summed E-state index contributed by atoms with van der Waals surface area (Å²) in [6.07, 6.45) is 3.46. The van der Waals surface area contributed by atoms with Crippen molar-refractivity contribution in [3.63, 3.8) is 0 Å². The number of hydrogen-bond acceptors (Lipinski definition) is 2. The van der Waals surface area contributed by atoms with E-state index in [1.54, 1.807) is 0 Å². The van der Waals surface area contributed by atoms with Gasteiger partial charge in [0.1, 0.15) is 12.4 Å². The maximum Gasteiger partial charge on any atom is 0.120 e. The van der Waals surface area contributed by atoms with Gasteiger partial charge in [0.15, 0.2) is 0 Å². The largest absolute Gasteiger partial charge is 0.492 e. The Bertz CT molecular complexity index is 387. The third-order valence-electron chi connectivity index (χ3n) is 3.17. The molecule has 1 aromatic carbocycles. The van der Waals surface area contributed by atoms with E-state index in [2.05, 4.69) is 33.0 Å². The quantitative estimate of drug-likeness (QED) is 0.736. The zero-order valence-corrected chi connectivity index (χ0v) is 14.0. The van der Waals surface area contributed by atoms with Gasteiger partial charge in [0.2, 0.25) is 0 Å². The molecule has 1 aromatic rings. The van der Waals surface area contributed by atoms with Crippen LogP contribution in [0.1, 0.15) is 47.0 Å². The van der Waals surface area contributed by atoms with Crippen molar-refractivity contribution in [1.29, 1.82) is 0 Å². The van der Waals surface area contributed by atoms with Gasteiger partial charge in [0.25, 0.3) is 0 Å². The fraction of sp³-hybridized carbons (Fsp3) is 0.647. The second-order valence-corrected chi connectivity index (χ2v) is 6.96. The van der Waals surface area contributed by atoms with Crippen LogP contribution < -0.4 is 10.1 Å². The number of benzene rings is 1. The van der Waals surface area contributed by atoms with E-state index in [0.717, 1.165) is 30.2 Å². The Labute approximate surface area is 128 Å². The summed E-state index contributed by atoms with van der Waals surface area (Å²) in [5.41, 5.74) is 0.363. The summed E-state index contributed by atoms with van der Waals surface area (Å²) in [5, 5.41) is 4.29. The standard InChI is InChI=1S/C17H28ClNO/c1-5-11-19-15(9-10-17(2,3)4)13-20-16-8-6-7-14(18)12-16/h6-8,12,15,19H,5,9-11,13H2,1-4H3. The summed E-state index contributed by atoms with van der Waals surface area (Å²) in [7, 11) is 0. The first kappa shape index (κ1) is 17.3. The first-order valence-electron chi connectivity index (χ1n) is 7.52. The average Bonchev–Trinajstić information content (AvgIpc) is 2.37. The number of ether oxygens (including phenoxy) is 1. The normalized spacial score (nSPS) is 13.2. The zero-order chi connectivity index (χ0) is 15.0. The van der Waals surface area contributed by atoms with Gasteiger partial charge >= 0.3 is 0 Å². The molecule has 0 fully saturated rings. The molecule has 0 saturated heterocycles. The molecule has 2 nitrogen and oxygen atoms in total. The molecule has 0 saturated carbocycles. The van der Waals surface area contributed by atoms with Crippen molar-refractivity contribution in [3.05, 3.63) is 29.3 Å². The topological polar surface area (TPSA) is 21.3 Å². The van der Waals surface area contributed by atoms with Crippen molar-refractivity contribution in [2.24, 2.45) is 5.41 Å². The van der Waals surface area contributed by atoms with Gasteiger partial charge in [-0.25, -0.2) is 0 Å².